The number of aryl methyl sites for hydroxylation is 2. The number of ether oxygens (including phenoxy) is 2. The fourth-order valence-corrected chi connectivity index (χ4v) is 3.16. The van der Waals surface area contributed by atoms with Crippen molar-refractivity contribution in [2.75, 3.05) is 14.2 Å². The molecular weight excluding hydrogens is 358 g/mol. The number of benzene rings is 2. The summed E-state index contributed by atoms with van der Waals surface area (Å²) < 4.78 is 10.6. The van der Waals surface area contributed by atoms with Gasteiger partial charge in [-0.2, -0.15) is 0 Å². The monoisotopic (exact) mass is 385 g/mol. The molecule has 28 heavy (non-hydrogen) atoms. The normalized spacial score (nSPS) is 11.5. The van der Waals surface area contributed by atoms with Crippen molar-refractivity contribution in [3.63, 3.8) is 0 Å². The van der Waals surface area contributed by atoms with Crippen LogP contribution in [0.2, 0.25) is 0 Å². The largest absolute Gasteiger partial charge is 0.497 e. The molecule has 0 heterocycles. The SMILES string of the molecule is COc1ccc(CCCC(=O)NC(CC(=O)O)c2ccccc2C)c(OC)c1. The lowest BCUT2D eigenvalue weighted by atomic mass is 9.98. The summed E-state index contributed by atoms with van der Waals surface area (Å²) >= 11 is 0. The minimum absolute atomic E-state index is 0.150. The summed E-state index contributed by atoms with van der Waals surface area (Å²) in [6, 6.07) is 12.6. The van der Waals surface area contributed by atoms with Crippen LogP contribution in [0.5, 0.6) is 11.5 Å². The van der Waals surface area contributed by atoms with Crippen LogP contribution in [0.15, 0.2) is 42.5 Å². The van der Waals surface area contributed by atoms with E-state index in [9.17, 15) is 14.7 Å². The van der Waals surface area contributed by atoms with Gasteiger partial charge in [-0.25, -0.2) is 0 Å². The summed E-state index contributed by atoms with van der Waals surface area (Å²) in [5.74, 6) is 0.329. The zero-order chi connectivity index (χ0) is 20.5. The first-order valence-corrected chi connectivity index (χ1v) is 9.22. The molecule has 2 rings (SSSR count). The van der Waals surface area contributed by atoms with E-state index in [2.05, 4.69) is 5.32 Å². The van der Waals surface area contributed by atoms with Crippen molar-refractivity contribution in [3.8, 4) is 11.5 Å². The minimum Gasteiger partial charge on any atom is -0.497 e. The molecule has 6 heteroatoms. The first kappa shape index (κ1) is 21.3. The molecule has 2 N–H and O–H groups in total. The molecule has 0 aliphatic carbocycles. The Labute approximate surface area is 165 Å². The summed E-state index contributed by atoms with van der Waals surface area (Å²) in [6.07, 6.45) is 1.46. The highest BCUT2D eigenvalue weighted by molar-refractivity contribution is 5.77. The Hall–Kier alpha value is -3.02. The van der Waals surface area contributed by atoms with Gasteiger partial charge in [0.15, 0.2) is 0 Å². The topological polar surface area (TPSA) is 84.9 Å². The predicted octanol–water partition coefficient (Wildman–Crippen LogP) is 3.67. The van der Waals surface area contributed by atoms with E-state index in [4.69, 9.17) is 9.47 Å². The highest BCUT2D eigenvalue weighted by atomic mass is 16.5. The lowest BCUT2D eigenvalue weighted by Crippen LogP contribution is -2.30. The third kappa shape index (κ3) is 6.01. The van der Waals surface area contributed by atoms with Gasteiger partial charge >= 0.3 is 5.97 Å². The van der Waals surface area contributed by atoms with Crippen LogP contribution < -0.4 is 14.8 Å². The van der Waals surface area contributed by atoms with Gasteiger partial charge in [-0.05, 0) is 42.5 Å². The van der Waals surface area contributed by atoms with Crippen molar-refractivity contribution in [2.45, 2.75) is 38.6 Å². The van der Waals surface area contributed by atoms with Gasteiger partial charge in [0.1, 0.15) is 11.5 Å². The molecule has 1 amide bonds. The van der Waals surface area contributed by atoms with Crippen molar-refractivity contribution in [3.05, 3.63) is 59.2 Å². The second-order valence-corrected chi connectivity index (χ2v) is 6.61. The molecule has 0 aliphatic rings. The van der Waals surface area contributed by atoms with Gasteiger partial charge in [0.05, 0.1) is 26.7 Å². The Balaban J connectivity index is 1.96. The van der Waals surface area contributed by atoms with Gasteiger partial charge in [-0.15, -0.1) is 0 Å². The number of carbonyl (C=O) groups is 2. The number of nitrogens with one attached hydrogen (secondary N) is 1. The molecule has 0 aliphatic heterocycles. The van der Waals surface area contributed by atoms with Gasteiger partial charge in [0.25, 0.3) is 0 Å². The summed E-state index contributed by atoms with van der Waals surface area (Å²) in [4.78, 5) is 23.6. The number of amides is 1. The number of carbonyl (C=O) groups excluding carboxylic acids is 1. The summed E-state index contributed by atoms with van der Waals surface area (Å²) in [6.45, 7) is 1.91. The average molecular weight is 385 g/mol. The zero-order valence-electron chi connectivity index (χ0n) is 16.5. The maximum absolute atomic E-state index is 12.4. The minimum atomic E-state index is -0.948. The molecule has 1 atom stereocenters. The summed E-state index contributed by atoms with van der Waals surface area (Å²) in [5, 5.41) is 12.1. The zero-order valence-corrected chi connectivity index (χ0v) is 16.5. The van der Waals surface area contributed by atoms with Gasteiger partial charge < -0.3 is 19.9 Å². The molecule has 150 valence electrons. The van der Waals surface area contributed by atoms with Crippen molar-refractivity contribution >= 4 is 11.9 Å². The fourth-order valence-electron chi connectivity index (χ4n) is 3.16. The van der Waals surface area contributed by atoms with Crippen LogP contribution in [-0.2, 0) is 16.0 Å². The van der Waals surface area contributed by atoms with Crippen LogP contribution in [0, 0.1) is 6.92 Å². The number of rotatable bonds is 10. The van der Waals surface area contributed by atoms with Crippen LogP contribution in [0.1, 0.15) is 42.0 Å². The molecule has 0 saturated heterocycles. The van der Waals surface area contributed by atoms with E-state index >= 15 is 0 Å². The quantitative estimate of drug-likeness (QED) is 0.652. The molecule has 2 aromatic rings. The molecule has 0 fully saturated rings. The molecule has 0 aromatic heterocycles. The number of carboxylic acids is 1. The van der Waals surface area contributed by atoms with Crippen molar-refractivity contribution in [1.29, 1.82) is 0 Å². The number of methoxy groups -OCH3 is 2. The van der Waals surface area contributed by atoms with Gasteiger partial charge in [0, 0.05) is 12.5 Å². The van der Waals surface area contributed by atoms with Crippen LogP contribution in [0.3, 0.4) is 0 Å². The standard InChI is InChI=1S/C22H27NO5/c1-15-7-4-5-9-18(15)19(14-22(25)26)23-21(24)10-6-8-16-11-12-17(27-2)13-20(16)28-3/h4-5,7,9,11-13,19H,6,8,10,14H2,1-3H3,(H,23,24)(H,25,26). The smallest absolute Gasteiger partial charge is 0.305 e. The Morgan fingerprint density at radius 3 is 2.50 bits per heavy atom. The maximum Gasteiger partial charge on any atom is 0.305 e. The maximum atomic E-state index is 12.4. The van der Waals surface area contributed by atoms with E-state index in [1.54, 1.807) is 14.2 Å². The van der Waals surface area contributed by atoms with Crippen LogP contribution >= 0.6 is 0 Å². The molecular formula is C22H27NO5. The molecule has 0 bridgehead atoms. The second kappa shape index (κ2) is 10.3. The predicted molar refractivity (Wildman–Crippen MR) is 107 cm³/mol. The Bertz CT molecular complexity index is 818. The van der Waals surface area contributed by atoms with Gasteiger partial charge in [-0.1, -0.05) is 30.3 Å². The highest BCUT2D eigenvalue weighted by Crippen LogP contribution is 2.26. The molecule has 1 unspecified atom stereocenters. The summed E-state index contributed by atoms with van der Waals surface area (Å²) in [5.41, 5.74) is 2.78. The van der Waals surface area contributed by atoms with Gasteiger partial charge in [-0.3, -0.25) is 9.59 Å². The molecule has 0 saturated carbocycles. The van der Waals surface area contributed by atoms with E-state index in [0.717, 1.165) is 22.4 Å². The Kier molecular flexibility index (Phi) is 7.87. The molecule has 6 nitrogen and oxygen atoms in total. The number of hydrogen-bond donors (Lipinski definition) is 2. The first-order chi connectivity index (χ1) is 13.4. The molecule has 0 spiro atoms. The Morgan fingerprint density at radius 2 is 1.86 bits per heavy atom. The van der Waals surface area contributed by atoms with E-state index in [1.807, 2.05) is 49.4 Å². The van der Waals surface area contributed by atoms with Crippen molar-refractivity contribution in [1.82, 2.24) is 5.32 Å². The van der Waals surface area contributed by atoms with E-state index in [0.29, 0.717) is 25.0 Å². The number of carboxylic acid groups (broad SMARTS) is 1. The highest BCUT2D eigenvalue weighted by Gasteiger charge is 2.19. The lowest BCUT2D eigenvalue weighted by molar-refractivity contribution is -0.137. The molecule has 2 aromatic carbocycles. The van der Waals surface area contributed by atoms with Crippen molar-refractivity contribution in [2.24, 2.45) is 0 Å². The van der Waals surface area contributed by atoms with Gasteiger partial charge in [0.2, 0.25) is 5.91 Å². The van der Waals surface area contributed by atoms with Crippen molar-refractivity contribution < 1.29 is 24.2 Å². The third-order valence-electron chi connectivity index (χ3n) is 4.62. The van der Waals surface area contributed by atoms with Crippen LogP contribution in [0.25, 0.3) is 0 Å². The lowest BCUT2D eigenvalue weighted by Gasteiger charge is -2.19. The molecule has 0 radical (unpaired) electrons. The van der Waals surface area contributed by atoms with E-state index in [1.165, 1.54) is 0 Å². The Morgan fingerprint density at radius 1 is 1.11 bits per heavy atom. The van der Waals surface area contributed by atoms with Crippen LogP contribution in [-0.4, -0.2) is 31.2 Å². The first-order valence-electron chi connectivity index (χ1n) is 9.22. The van der Waals surface area contributed by atoms with E-state index < -0.39 is 12.0 Å². The fraction of sp³-hybridized carbons (Fsp3) is 0.364. The average Bonchev–Trinajstić information content (AvgIpc) is 2.67. The second-order valence-electron chi connectivity index (χ2n) is 6.61. The number of hydrogen-bond acceptors (Lipinski definition) is 4. The van der Waals surface area contributed by atoms with E-state index in [-0.39, 0.29) is 12.3 Å². The number of aliphatic carboxylic acids is 1. The third-order valence-corrected chi connectivity index (χ3v) is 4.62. The van der Waals surface area contributed by atoms with Crippen LogP contribution in [0.4, 0.5) is 0 Å². The summed E-state index contributed by atoms with van der Waals surface area (Å²) in [7, 11) is 3.20.